The zero-order chi connectivity index (χ0) is 13.8. The number of rotatable bonds is 4. The van der Waals surface area contributed by atoms with E-state index in [1.165, 1.54) is 12.1 Å². The number of morpholine rings is 1. The van der Waals surface area contributed by atoms with Gasteiger partial charge in [0.15, 0.2) is 0 Å². The van der Waals surface area contributed by atoms with Gasteiger partial charge in [0.1, 0.15) is 5.82 Å². The van der Waals surface area contributed by atoms with Crippen molar-refractivity contribution < 1.29 is 14.2 Å². The normalized spacial score (nSPS) is 24.1. The molecule has 0 saturated carbocycles. The summed E-state index contributed by atoms with van der Waals surface area (Å²) in [4.78, 5) is 2.20. The van der Waals surface area contributed by atoms with Crippen LogP contribution in [0.4, 0.5) is 4.39 Å². The molecule has 1 aromatic carbocycles. The first kappa shape index (κ1) is 14.4. The van der Waals surface area contributed by atoms with Crippen molar-refractivity contribution in [1.82, 2.24) is 4.90 Å². The molecule has 0 aromatic heterocycles. The second-order valence-electron chi connectivity index (χ2n) is 5.03. The van der Waals surface area contributed by atoms with E-state index in [0.717, 1.165) is 12.1 Å². The smallest absolute Gasteiger partial charge is 0.123 e. The van der Waals surface area contributed by atoms with Gasteiger partial charge >= 0.3 is 0 Å². The zero-order valence-electron chi connectivity index (χ0n) is 11.1. The van der Waals surface area contributed by atoms with Gasteiger partial charge in [-0.3, -0.25) is 4.90 Å². The highest BCUT2D eigenvalue weighted by molar-refractivity contribution is 5.21. The topological polar surface area (TPSA) is 58.7 Å². The lowest BCUT2D eigenvalue weighted by molar-refractivity contribution is -0.0675. The van der Waals surface area contributed by atoms with Crippen LogP contribution in [0.5, 0.6) is 0 Å². The SMILES string of the molecule is CC(N)C(c1ccc(F)cc1)N1CCOC(CO)C1. The van der Waals surface area contributed by atoms with Gasteiger partial charge in [-0.15, -0.1) is 0 Å². The molecule has 3 atom stereocenters. The Morgan fingerprint density at radius 1 is 1.47 bits per heavy atom. The van der Waals surface area contributed by atoms with Crippen molar-refractivity contribution in [2.45, 2.75) is 25.1 Å². The van der Waals surface area contributed by atoms with Crippen LogP contribution in [0.1, 0.15) is 18.5 Å². The third kappa shape index (κ3) is 3.51. The summed E-state index contributed by atoms with van der Waals surface area (Å²) >= 11 is 0. The maximum atomic E-state index is 13.0. The lowest BCUT2D eigenvalue weighted by atomic mass is 9.98. The van der Waals surface area contributed by atoms with Crippen molar-refractivity contribution in [3.05, 3.63) is 35.6 Å². The number of nitrogens with zero attached hydrogens (tertiary/aromatic N) is 1. The number of aliphatic hydroxyl groups is 1. The number of hydrogen-bond acceptors (Lipinski definition) is 4. The highest BCUT2D eigenvalue weighted by Gasteiger charge is 2.29. The summed E-state index contributed by atoms with van der Waals surface area (Å²) in [6, 6.07) is 6.38. The molecule has 2 rings (SSSR count). The van der Waals surface area contributed by atoms with Crippen LogP contribution < -0.4 is 5.73 Å². The largest absolute Gasteiger partial charge is 0.394 e. The van der Waals surface area contributed by atoms with E-state index in [0.29, 0.717) is 13.2 Å². The molecule has 1 aliphatic rings. The Kier molecular flexibility index (Phi) is 4.87. The van der Waals surface area contributed by atoms with Gasteiger partial charge in [-0.25, -0.2) is 4.39 Å². The molecule has 0 amide bonds. The fourth-order valence-corrected chi connectivity index (χ4v) is 2.61. The highest BCUT2D eigenvalue weighted by Crippen LogP contribution is 2.25. The summed E-state index contributed by atoms with van der Waals surface area (Å²) in [7, 11) is 0. The summed E-state index contributed by atoms with van der Waals surface area (Å²) in [6.07, 6.45) is -0.171. The van der Waals surface area contributed by atoms with Crippen LogP contribution >= 0.6 is 0 Å². The number of nitrogens with two attached hydrogens (primary N) is 1. The molecular formula is C14H21FN2O2. The third-order valence-electron chi connectivity index (χ3n) is 3.48. The van der Waals surface area contributed by atoms with Gasteiger partial charge in [0.25, 0.3) is 0 Å². The zero-order valence-corrected chi connectivity index (χ0v) is 11.1. The third-order valence-corrected chi connectivity index (χ3v) is 3.48. The van der Waals surface area contributed by atoms with Crippen molar-refractivity contribution in [3.63, 3.8) is 0 Å². The lowest BCUT2D eigenvalue weighted by Crippen LogP contribution is -2.49. The number of benzene rings is 1. The quantitative estimate of drug-likeness (QED) is 0.852. The van der Waals surface area contributed by atoms with E-state index in [2.05, 4.69) is 4.90 Å². The minimum atomic E-state index is -0.248. The number of halogens is 1. The fraction of sp³-hybridized carbons (Fsp3) is 0.571. The second kappa shape index (κ2) is 6.43. The van der Waals surface area contributed by atoms with E-state index >= 15 is 0 Å². The molecule has 0 bridgehead atoms. The Morgan fingerprint density at radius 2 is 2.16 bits per heavy atom. The second-order valence-corrected chi connectivity index (χ2v) is 5.03. The van der Waals surface area contributed by atoms with E-state index in [4.69, 9.17) is 10.5 Å². The Labute approximate surface area is 113 Å². The molecule has 1 aromatic rings. The van der Waals surface area contributed by atoms with Crippen molar-refractivity contribution in [2.24, 2.45) is 5.73 Å². The first-order valence-electron chi connectivity index (χ1n) is 6.59. The molecule has 1 aliphatic heterocycles. The average Bonchev–Trinajstić information content (AvgIpc) is 2.41. The molecule has 0 aliphatic carbocycles. The van der Waals surface area contributed by atoms with Crippen LogP contribution in [0.15, 0.2) is 24.3 Å². The van der Waals surface area contributed by atoms with Gasteiger partial charge < -0.3 is 15.6 Å². The van der Waals surface area contributed by atoms with Crippen LogP contribution in [-0.4, -0.2) is 48.5 Å². The molecule has 19 heavy (non-hydrogen) atoms. The Hall–Kier alpha value is -1.01. The lowest BCUT2D eigenvalue weighted by Gasteiger charge is -2.39. The van der Waals surface area contributed by atoms with Gasteiger partial charge in [-0.2, -0.15) is 0 Å². The molecule has 3 unspecified atom stereocenters. The van der Waals surface area contributed by atoms with E-state index in [9.17, 15) is 9.50 Å². The van der Waals surface area contributed by atoms with E-state index in [1.807, 2.05) is 6.92 Å². The average molecular weight is 268 g/mol. The van der Waals surface area contributed by atoms with Crippen LogP contribution in [0.2, 0.25) is 0 Å². The molecular weight excluding hydrogens is 247 g/mol. The summed E-state index contributed by atoms with van der Waals surface area (Å²) in [5.74, 6) is -0.248. The Morgan fingerprint density at radius 3 is 2.74 bits per heavy atom. The van der Waals surface area contributed by atoms with Crippen molar-refractivity contribution in [2.75, 3.05) is 26.3 Å². The van der Waals surface area contributed by atoms with Crippen molar-refractivity contribution in [1.29, 1.82) is 0 Å². The maximum absolute atomic E-state index is 13.0. The summed E-state index contributed by atoms with van der Waals surface area (Å²) < 4.78 is 18.5. The van der Waals surface area contributed by atoms with Gasteiger partial charge in [0.2, 0.25) is 0 Å². The summed E-state index contributed by atoms with van der Waals surface area (Å²) in [6.45, 7) is 3.93. The van der Waals surface area contributed by atoms with Crippen LogP contribution in [-0.2, 0) is 4.74 Å². The molecule has 1 heterocycles. The Bertz CT molecular complexity index is 397. The highest BCUT2D eigenvalue weighted by atomic mass is 19.1. The van der Waals surface area contributed by atoms with Crippen LogP contribution in [0.3, 0.4) is 0 Å². The molecule has 1 fully saturated rings. The van der Waals surface area contributed by atoms with Gasteiger partial charge in [-0.1, -0.05) is 12.1 Å². The standard InChI is InChI=1S/C14H21FN2O2/c1-10(16)14(11-2-4-12(15)5-3-11)17-6-7-19-13(8-17)9-18/h2-5,10,13-14,18H,6-9,16H2,1H3. The van der Waals surface area contributed by atoms with E-state index in [1.54, 1.807) is 12.1 Å². The number of ether oxygens (including phenoxy) is 1. The monoisotopic (exact) mass is 268 g/mol. The molecule has 3 N–H and O–H groups in total. The molecule has 4 nitrogen and oxygen atoms in total. The molecule has 5 heteroatoms. The van der Waals surface area contributed by atoms with Crippen molar-refractivity contribution >= 4 is 0 Å². The Balaban J connectivity index is 2.17. The van der Waals surface area contributed by atoms with Gasteiger partial charge in [-0.05, 0) is 24.6 Å². The maximum Gasteiger partial charge on any atom is 0.123 e. The number of hydrogen-bond donors (Lipinski definition) is 2. The van der Waals surface area contributed by atoms with Crippen LogP contribution in [0, 0.1) is 5.82 Å². The minimum absolute atomic E-state index is 0.00555. The minimum Gasteiger partial charge on any atom is -0.394 e. The van der Waals surface area contributed by atoms with Crippen molar-refractivity contribution in [3.8, 4) is 0 Å². The summed E-state index contributed by atoms with van der Waals surface area (Å²) in [5, 5.41) is 9.20. The van der Waals surface area contributed by atoms with Gasteiger partial charge in [0.05, 0.1) is 19.3 Å². The van der Waals surface area contributed by atoms with Crippen LogP contribution in [0.25, 0.3) is 0 Å². The predicted molar refractivity (Wildman–Crippen MR) is 71.2 cm³/mol. The fourth-order valence-electron chi connectivity index (χ4n) is 2.61. The summed E-state index contributed by atoms with van der Waals surface area (Å²) in [5.41, 5.74) is 7.08. The molecule has 0 radical (unpaired) electrons. The molecule has 0 spiro atoms. The van der Waals surface area contributed by atoms with E-state index < -0.39 is 0 Å². The van der Waals surface area contributed by atoms with E-state index in [-0.39, 0.29) is 30.6 Å². The van der Waals surface area contributed by atoms with Gasteiger partial charge in [0, 0.05) is 25.2 Å². The first-order chi connectivity index (χ1) is 9.11. The first-order valence-corrected chi connectivity index (χ1v) is 6.59. The predicted octanol–water partition coefficient (Wildman–Crippen LogP) is 0.907. The number of aliphatic hydroxyl groups excluding tert-OH is 1. The molecule has 106 valence electrons. The molecule has 1 saturated heterocycles.